The number of benzene rings is 1. The van der Waals surface area contributed by atoms with E-state index < -0.39 is 5.38 Å². The molecule has 0 saturated carbocycles. The Labute approximate surface area is 129 Å². The van der Waals surface area contributed by atoms with Crippen molar-refractivity contribution in [2.75, 3.05) is 0 Å². The first-order valence-corrected chi connectivity index (χ1v) is 7.41. The third-order valence-corrected chi connectivity index (χ3v) is 3.69. The Kier molecular flexibility index (Phi) is 4.28. The number of amides is 1. The molecule has 0 fully saturated rings. The Morgan fingerprint density at radius 3 is 2.67 bits per heavy atom. The highest BCUT2D eigenvalue weighted by Crippen LogP contribution is 2.40. The van der Waals surface area contributed by atoms with Gasteiger partial charge in [-0.05, 0) is 39.0 Å². The van der Waals surface area contributed by atoms with Gasteiger partial charge in [0, 0.05) is 24.5 Å². The number of hydrogen-bond acceptors (Lipinski definition) is 3. The maximum atomic E-state index is 12.0. The number of nitrogens with one attached hydrogen (secondary N) is 1. The third-order valence-electron chi connectivity index (χ3n) is 3.49. The molecule has 1 aromatic rings. The summed E-state index contributed by atoms with van der Waals surface area (Å²) in [5.74, 6) is 0.459. The van der Waals surface area contributed by atoms with Crippen molar-refractivity contribution in [3.8, 4) is 5.75 Å². The van der Waals surface area contributed by atoms with Crippen LogP contribution in [0.5, 0.6) is 5.75 Å². The van der Waals surface area contributed by atoms with Gasteiger partial charge in [0.2, 0.25) is 5.91 Å². The molecule has 0 saturated heterocycles. The Morgan fingerprint density at radius 2 is 2.10 bits per heavy atom. The standard InChI is InChI=1S/C16H20ClNO3/c1-9(17)15(20)11-5-6-14-12(7-11)13(18-10(2)19)8-16(3,4)21-14/h5-7,9,13H,8H2,1-4H3,(H,18,19). The summed E-state index contributed by atoms with van der Waals surface area (Å²) in [7, 11) is 0. The second-order valence-corrected chi connectivity index (χ2v) is 6.71. The molecule has 0 spiro atoms. The quantitative estimate of drug-likeness (QED) is 0.689. The molecular weight excluding hydrogens is 290 g/mol. The van der Waals surface area contributed by atoms with E-state index in [1.807, 2.05) is 13.8 Å². The summed E-state index contributed by atoms with van der Waals surface area (Å²) in [5, 5.41) is 2.35. The van der Waals surface area contributed by atoms with E-state index >= 15 is 0 Å². The number of halogens is 1. The van der Waals surface area contributed by atoms with Crippen molar-refractivity contribution < 1.29 is 14.3 Å². The first-order chi connectivity index (χ1) is 9.69. The average Bonchev–Trinajstić information content (AvgIpc) is 2.35. The van der Waals surface area contributed by atoms with E-state index in [4.69, 9.17) is 16.3 Å². The summed E-state index contributed by atoms with van der Waals surface area (Å²) in [4.78, 5) is 23.4. The second kappa shape index (κ2) is 5.68. The van der Waals surface area contributed by atoms with E-state index in [-0.39, 0.29) is 23.3 Å². The van der Waals surface area contributed by atoms with Gasteiger partial charge in [0.05, 0.1) is 11.4 Å². The Hall–Kier alpha value is -1.55. The molecule has 2 rings (SSSR count). The van der Waals surface area contributed by atoms with E-state index in [2.05, 4.69) is 5.32 Å². The molecule has 0 aromatic heterocycles. The van der Waals surface area contributed by atoms with Crippen LogP contribution in [0.25, 0.3) is 0 Å². The SMILES string of the molecule is CC(=O)NC1CC(C)(C)Oc2ccc(C(=O)C(C)Cl)cc21. The molecule has 2 unspecified atom stereocenters. The van der Waals surface area contributed by atoms with E-state index in [0.717, 1.165) is 5.56 Å². The second-order valence-electron chi connectivity index (χ2n) is 6.05. The van der Waals surface area contributed by atoms with Crippen LogP contribution < -0.4 is 10.1 Å². The van der Waals surface area contributed by atoms with Gasteiger partial charge in [0.25, 0.3) is 0 Å². The maximum Gasteiger partial charge on any atom is 0.217 e. The lowest BCUT2D eigenvalue weighted by molar-refractivity contribution is -0.120. The van der Waals surface area contributed by atoms with Crippen molar-refractivity contribution in [2.24, 2.45) is 0 Å². The molecule has 1 N–H and O–H groups in total. The van der Waals surface area contributed by atoms with Crippen LogP contribution >= 0.6 is 11.6 Å². The highest BCUT2D eigenvalue weighted by Gasteiger charge is 2.34. The van der Waals surface area contributed by atoms with Crippen molar-refractivity contribution in [3.05, 3.63) is 29.3 Å². The topological polar surface area (TPSA) is 55.4 Å². The molecule has 0 bridgehead atoms. The molecule has 21 heavy (non-hydrogen) atoms. The van der Waals surface area contributed by atoms with Crippen LogP contribution in [0.3, 0.4) is 0 Å². The first kappa shape index (κ1) is 15.8. The van der Waals surface area contributed by atoms with Gasteiger partial charge in [-0.2, -0.15) is 0 Å². The summed E-state index contributed by atoms with van der Waals surface area (Å²) >= 11 is 5.86. The Morgan fingerprint density at radius 1 is 1.43 bits per heavy atom. The van der Waals surface area contributed by atoms with Gasteiger partial charge in [-0.1, -0.05) is 0 Å². The van der Waals surface area contributed by atoms with Gasteiger partial charge in [0.1, 0.15) is 11.4 Å². The Balaban J connectivity index is 2.43. The maximum absolute atomic E-state index is 12.0. The summed E-state index contributed by atoms with van der Waals surface area (Å²) in [6.45, 7) is 7.08. The number of ketones is 1. The van der Waals surface area contributed by atoms with Crippen LogP contribution in [0, 0.1) is 0 Å². The molecule has 114 valence electrons. The van der Waals surface area contributed by atoms with Crippen LogP contribution in [-0.2, 0) is 4.79 Å². The van der Waals surface area contributed by atoms with Crippen molar-refractivity contribution in [3.63, 3.8) is 0 Å². The number of fused-ring (bicyclic) bond motifs is 1. The van der Waals surface area contributed by atoms with Gasteiger partial charge in [-0.3, -0.25) is 9.59 Å². The summed E-state index contributed by atoms with van der Waals surface area (Å²) in [6, 6.07) is 5.09. The minimum Gasteiger partial charge on any atom is -0.487 e. The lowest BCUT2D eigenvalue weighted by atomic mass is 9.88. The summed E-state index contributed by atoms with van der Waals surface area (Å²) < 4.78 is 5.93. The van der Waals surface area contributed by atoms with Crippen molar-refractivity contribution in [2.45, 2.75) is 51.1 Å². The summed E-state index contributed by atoms with van der Waals surface area (Å²) in [6.07, 6.45) is 0.646. The number of carbonyl (C=O) groups excluding carboxylic acids is 2. The lowest BCUT2D eigenvalue weighted by Crippen LogP contribution is -2.40. The molecule has 0 radical (unpaired) electrons. The van der Waals surface area contributed by atoms with Crippen molar-refractivity contribution in [1.82, 2.24) is 5.32 Å². The normalized spacial score (nSPS) is 20.9. The van der Waals surface area contributed by atoms with Gasteiger partial charge in [0.15, 0.2) is 5.78 Å². The smallest absolute Gasteiger partial charge is 0.217 e. The monoisotopic (exact) mass is 309 g/mol. The largest absolute Gasteiger partial charge is 0.487 e. The van der Waals surface area contributed by atoms with E-state index in [1.165, 1.54) is 6.92 Å². The fourth-order valence-corrected chi connectivity index (χ4v) is 2.74. The number of ether oxygens (including phenoxy) is 1. The molecule has 0 aliphatic carbocycles. The fourth-order valence-electron chi connectivity index (χ4n) is 2.61. The van der Waals surface area contributed by atoms with Crippen LogP contribution in [-0.4, -0.2) is 22.7 Å². The molecule has 1 aromatic carbocycles. The Bertz CT molecular complexity index is 581. The minimum atomic E-state index is -0.580. The fraction of sp³-hybridized carbons (Fsp3) is 0.500. The molecule has 1 heterocycles. The molecule has 2 atom stereocenters. The molecule has 1 aliphatic rings. The minimum absolute atomic E-state index is 0.105. The predicted octanol–water partition coefficient (Wildman–Crippen LogP) is 3.23. The zero-order valence-corrected chi connectivity index (χ0v) is 13.5. The zero-order valence-electron chi connectivity index (χ0n) is 12.7. The molecule has 5 heteroatoms. The van der Waals surface area contributed by atoms with Crippen LogP contribution in [0.15, 0.2) is 18.2 Å². The number of alkyl halides is 1. The zero-order chi connectivity index (χ0) is 15.8. The molecule has 1 aliphatic heterocycles. The van der Waals surface area contributed by atoms with Gasteiger partial charge in [-0.15, -0.1) is 11.6 Å². The highest BCUT2D eigenvalue weighted by molar-refractivity contribution is 6.33. The lowest BCUT2D eigenvalue weighted by Gasteiger charge is -2.38. The van der Waals surface area contributed by atoms with Crippen LogP contribution in [0.2, 0.25) is 0 Å². The first-order valence-electron chi connectivity index (χ1n) is 6.98. The highest BCUT2D eigenvalue weighted by atomic mass is 35.5. The van der Waals surface area contributed by atoms with E-state index in [0.29, 0.717) is 17.7 Å². The van der Waals surface area contributed by atoms with Crippen LogP contribution in [0.4, 0.5) is 0 Å². The van der Waals surface area contributed by atoms with Crippen LogP contribution in [0.1, 0.15) is 56.1 Å². The third kappa shape index (κ3) is 3.56. The van der Waals surface area contributed by atoms with Gasteiger partial charge < -0.3 is 10.1 Å². The molecule has 4 nitrogen and oxygen atoms in total. The van der Waals surface area contributed by atoms with E-state index in [1.54, 1.807) is 25.1 Å². The van der Waals surface area contributed by atoms with Crippen molar-refractivity contribution >= 4 is 23.3 Å². The van der Waals surface area contributed by atoms with Crippen molar-refractivity contribution in [1.29, 1.82) is 0 Å². The predicted molar refractivity (Wildman–Crippen MR) is 82.0 cm³/mol. The van der Waals surface area contributed by atoms with Gasteiger partial charge in [-0.25, -0.2) is 0 Å². The number of Topliss-reactive ketones (excluding diaryl/α,β-unsaturated/α-hetero) is 1. The number of hydrogen-bond donors (Lipinski definition) is 1. The van der Waals surface area contributed by atoms with E-state index in [9.17, 15) is 9.59 Å². The summed E-state index contributed by atoms with van der Waals surface area (Å²) in [5.41, 5.74) is 0.994. The van der Waals surface area contributed by atoms with Gasteiger partial charge >= 0.3 is 0 Å². The number of carbonyl (C=O) groups is 2. The number of rotatable bonds is 3. The molecular formula is C16H20ClNO3. The molecule has 1 amide bonds. The average molecular weight is 310 g/mol.